The molecule has 22 heavy (non-hydrogen) atoms. The van der Waals surface area contributed by atoms with E-state index in [1.807, 2.05) is 0 Å². The molecule has 0 aromatic rings. The van der Waals surface area contributed by atoms with E-state index in [-0.39, 0.29) is 0 Å². The van der Waals surface area contributed by atoms with E-state index >= 15 is 0 Å². The fraction of sp³-hybridized carbons (Fsp3) is 0.750. The van der Waals surface area contributed by atoms with Gasteiger partial charge in [0, 0.05) is 0 Å². The largest absolute Gasteiger partial charge is 0.460 e. The molecule has 5 nitrogen and oxygen atoms in total. The number of halogens is 9. The van der Waals surface area contributed by atoms with Gasteiger partial charge in [-0.1, -0.05) is 0 Å². The monoisotopic (exact) mass is 532 g/mol. The standard InChI is InChI=1S/C8H5Br3F6O5/c9-6(10,11)4(19)22-2-1-21-3(18)5(20,7(12,13)14)8(15,16)17/h20H,1-2H2. The van der Waals surface area contributed by atoms with Crippen LogP contribution in [0.2, 0.25) is 0 Å². The lowest BCUT2D eigenvalue weighted by molar-refractivity contribution is -0.357. The number of hydrogen-bond acceptors (Lipinski definition) is 5. The topological polar surface area (TPSA) is 72.8 Å². The van der Waals surface area contributed by atoms with Gasteiger partial charge >= 0.3 is 29.9 Å². The van der Waals surface area contributed by atoms with Gasteiger partial charge in [-0.15, -0.1) is 0 Å². The van der Waals surface area contributed by atoms with Gasteiger partial charge in [0.1, 0.15) is 13.2 Å². The molecule has 0 atom stereocenters. The van der Waals surface area contributed by atoms with Crippen LogP contribution in [0.15, 0.2) is 0 Å². The highest BCUT2D eigenvalue weighted by molar-refractivity contribution is 9.40. The number of alkyl halides is 9. The Kier molecular flexibility index (Phi) is 7.19. The molecule has 0 aliphatic carbocycles. The molecular formula is C8H5Br3F6O5. The molecule has 0 bridgehead atoms. The van der Waals surface area contributed by atoms with Crippen LogP contribution in [0.5, 0.6) is 0 Å². The number of ether oxygens (including phenoxy) is 2. The predicted octanol–water partition coefficient (Wildman–Crippen LogP) is 2.77. The minimum Gasteiger partial charge on any atom is -0.460 e. The first-order valence-electron chi connectivity index (χ1n) is 4.82. The van der Waals surface area contributed by atoms with Crippen molar-refractivity contribution in [3.63, 3.8) is 0 Å². The molecular weight excluding hydrogens is 530 g/mol. The van der Waals surface area contributed by atoms with Crippen LogP contribution in [0, 0.1) is 0 Å². The van der Waals surface area contributed by atoms with Crippen molar-refractivity contribution in [3.05, 3.63) is 0 Å². The lowest BCUT2D eigenvalue weighted by Crippen LogP contribution is -2.63. The average Bonchev–Trinajstić information content (AvgIpc) is 2.28. The van der Waals surface area contributed by atoms with Gasteiger partial charge in [0.25, 0.3) is 0 Å². The molecule has 0 radical (unpaired) electrons. The van der Waals surface area contributed by atoms with Crippen molar-refractivity contribution in [1.82, 2.24) is 0 Å². The maximum atomic E-state index is 12.3. The van der Waals surface area contributed by atoms with Crippen LogP contribution in [0.25, 0.3) is 0 Å². The van der Waals surface area contributed by atoms with E-state index in [1.54, 1.807) is 0 Å². The summed E-state index contributed by atoms with van der Waals surface area (Å²) in [6.07, 6.45) is -12.7. The predicted molar refractivity (Wildman–Crippen MR) is 68.5 cm³/mol. The zero-order valence-electron chi connectivity index (χ0n) is 9.90. The zero-order valence-corrected chi connectivity index (χ0v) is 14.7. The van der Waals surface area contributed by atoms with E-state index in [2.05, 4.69) is 57.3 Å². The summed E-state index contributed by atoms with van der Waals surface area (Å²) in [5.41, 5.74) is -5.67. The van der Waals surface area contributed by atoms with Crippen LogP contribution < -0.4 is 0 Å². The Balaban J connectivity index is 4.74. The number of hydrogen-bond donors (Lipinski definition) is 1. The van der Waals surface area contributed by atoms with Gasteiger partial charge in [-0.2, -0.15) is 26.3 Å². The second-order valence-corrected chi connectivity index (χ2v) is 10.2. The Morgan fingerprint density at radius 2 is 1.14 bits per heavy atom. The van der Waals surface area contributed by atoms with Gasteiger partial charge in [0.15, 0.2) is 0 Å². The molecule has 1 N–H and O–H groups in total. The summed E-state index contributed by atoms with van der Waals surface area (Å²) in [5, 5.41) is 8.64. The van der Waals surface area contributed by atoms with E-state index in [9.17, 15) is 35.9 Å². The van der Waals surface area contributed by atoms with E-state index in [0.717, 1.165) is 0 Å². The van der Waals surface area contributed by atoms with Crippen molar-refractivity contribution in [3.8, 4) is 0 Å². The third-order valence-electron chi connectivity index (χ3n) is 1.90. The Morgan fingerprint density at radius 1 is 0.818 bits per heavy atom. The van der Waals surface area contributed by atoms with Gasteiger partial charge in [0.05, 0.1) is 0 Å². The molecule has 0 amide bonds. The Morgan fingerprint density at radius 3 is 1.41 bits per heavy atom. The fourth-order valence-corrected chi connectivity index (χ4v) is 1.19. The fourth-order valence-electron chi connectivity index (χ4n) is 0.847. The summed E-state index contributed by atoms with van der Waals surface area (Å²) in [5.74, 6) is -4.03. The molecule has 14 heteroatoms. The lowest BCUT2D eigenvalue weighted by Gasteiger charge is -2.29. The highest BCUT2D eigenvalue weighted by atomic mass is 80.0. The molecule has 0 spiro atoms. The third kappa shape index (κ3) is 5.23. The van der Waals surface area contributed by atoms with Crippen molar-refractivity contribution >= 4 is 59.7 Å². The number of carbonyl (C=O) groups excluding carboxylic acids is 2. The molecule has 0 aromatic carbocycles. The maximum Gasteiger partial charge on any atom is 0.437 e. The molecule has 0 saturated heterocycles. The summed E-state index contributed by atoms with van der Waals surface area (Å²) < 4.78 is 80.1. The molecule has 0 rings (SSSR count). The normalized spacial score (nSPS) is 13.7. The molecule has 130 valence electrons. The van der Waals surface area contributed by atoms with Gasteiger partial charge in [-0.25, -0.2) is 9.59 Å². The zero-order chi connectivity index (χ0) is 18.0. The quantitative estimate of drug-likeness (QED) is 0.260. The van der Waals surface area contributed by atoms with E-state index in [0.29, 0.717) is 0 Å². The second-order valence-electron chi connectivity index (χ2n) is 3.48. The van der Waals surface area contributed by atoms with E-state index in [4.69, 9.17) is 5.11 Å². The first kappa shape index (κ1) is 21.9. The Hall–Kier alpha value is -0.0800. The van der Waals surface area contributed by atoms with Crippen LogP contribution >= 0.6 is 47.8 Å². The summed E-state index contributed by atoms with van der Waals surface area (Å²) in [6.45, 7) is -1.98. The molecule has 0 fully saturated rings. The van der Waals surface area contributed by atoms with Crippen LogP contribution in [-0.4, -0.2) is 50.4 Å². The molecule has 0 aromatic heterocycles. The number of esters is 2. The van der Waals surface area contributed by atoms with E-state index < -0.39 is 45.2 Å². The average molecular weight is 535 g/mol. The summed E-state index contributed by atoms with van der Waals surface area (Å²) in [7, 11) is 0. The van der Waals surface area contributed by atoms with Crippen molar-refractivity contribution in [2.24, 2.45) is 0 Å². The minimum absolute atomic E-state index is 0.846. The van der Waals surface area contributed by atoms with E-state index in [1.165, 1.54) is 0 Å². The van der Waals surface area contributed by atoms with Crippen molar-refractivity contribution < 1.29 is 50.5 Å². The molecule has 0 aliphatic rings. The van der Waals surface area contributed by atoms with Crippen LogP contribution in [0.1, 0.15) is 0 Å². The van der Waals surface area contributed by atoms with Gasteiger partial charge in [0.2, 0.25) is 2.14 Å². The summed E-state index contributed by atoms with van der Waals surface area (Å²) in [6, 6.07) is 0. The molecule has 0 unspecified atom stereocenters. The van der Waals surface area contributed by atoms with Crippen LogP contribution in [0.4, 0.5) is 26.3 Å². The number of rotatable bonds is 4. The summed E-state index contributed by atoms with van der Waals surface area (Å²) >= 11 is 8.17. The highest BCUT2D eigenvalue weighted by Crippen LogP contribution is 2.43. The molecule has 0 heterocycles. The summed E-state index contributed by atoms with van der Waals surface area (Å²) in [4.78, 5) is 22.0. The molecule has 0 aliphatic heterocycles. The smallest absolute Gasteiger partial charge is 0.437 e. The first-order chi connectivity index (χ1) is 9.55. The van der Waals surface area contributed by atoms with Gasteiger partial charge < -0.3 is 14.6 Å². The van der Waals surface area contributed by atoms with Crippen LogP contribution in [0.3, 0.4) is 0 Å². The van der Waals surface area contributed by atoms with Crippen molar-refractivity contribution in [2.75, 3.05) is 13.2 Å². The SMILES string of the molecule is O=C(OCCOC(=O)C(O)(C(F)(F)F)C(F)(F)F)C(Br)(Br)Br. The highest BCUT2D eigenvalue weighted by Gasteiger charge is 2.76. The van der Waals surface area contributed by atoms with Crippen molar-refractivity contribution in [2.45, 2.75) is 20.1 Å². The van der Waals surface area contributed by atoms with Crippen molar-refractivity contribution in [1.29, 1.82) is 0 Å². The minimum atomic E-state index is -6.34. The van der Waals surface area contributed by atoms with Gasteiger partial charge in [-0.05, 0) is 47.8 Å². The third-order valence-corrected chi connectivity index (χ3v) is 2.87. The maximum absolute atomic E-state index is 12.3. The Labute approximate surface area is 143 Å². The number of carbonyl (C=O) groups is 2. The van der Waals surface area contributed by atoms with Gasteiger partial charge in [-0.3, -0.25) is 0 Å². The lowest BCUT2D eigenvalue weighted by atomic mass is 10.0. The molecule has 0 saturated carbocycles. The van der Waals surface area contributed by atoms with Crippen LogP contribution in [-0.2, 0) is 19.1 Å². The Bertz CT molecular complexity index is 415. The second kappa shape index (κ2) is 7.21. The first-order valence-corrected chi connectivity index (χ1v) is 7.20. The number of aliphatic hydroxyl groups is 1.